The minimum Gasteiger partial charge on any atom is -0.305 e. The lowest BCUT2D eigenvalue weighted by Crippen LogP contribution is -2.19. The van der Waals surface area contributed by atoms with Gasteiger partial charge in [0, 0.05) is 12.4 Å². The first-order valence-electron chi connectivity index (χ1n) is 4.79. The Morgan fingerprint density at radius 2 is 1.82 bits per heavy atom. The van der Waals surface area contributed by atoms with Crippen molar-refractivity contribution in [3.8, 4) is 0 Å². The van der Waals surface area contributed by atoms with Crippen LogP contribution >= 0.6 is 0 Å². The van der Waals surface area contributed by atoms with E-state index in [1.165, 1.54) is 6.07 Å². The summed E-state index contributed by atoms with van der Waals surface area (Å²) in [5.41, 5.74) is 5.35. The summed E-state index contributed by atoms with van der Waals surface area (Å²) in [4.78, 5) is 6.94. The van der Waals surface area contributed by atoms with Crippen LogP contribution in [-0.2, 0) is 6.18 Å². The number of fused-ring (bicyclic) bond motifs is 1. The van der Waals surface area contributed by atoms with Crippen molar-refractivity contribution in [3.63, 3.8) is 0 Å². The summed E-state index contributed by atoms with van der Waals surface area (Å²) in [6.45, 7) is 0. The quantitative estimate of drug-likeness (QED) is 0.792. The maximum absolute atomic E-state index is 12.6. The molecule has 1 heterocycles. The highest BCUT2D eigenvalue weighted by molar-refractivity contribution is 5.88. The summed E-state index contributed by atoms with van der Waals surface area (Å²) < 4.78 is 37.7. The van der Waals surface area contributed by atoms with Crippen molar-refractivity contribution in [2.24, 2.45) is 0 Å². The van der Waals surface area contributed by atoms with Gasteiger partial charge in [0.1, 0.15) is 0 Å². The summed E-state index contributed by atoms with van der Waals surface area (Å²) in [7, 11) is 1.55. The van der Waals surface area contributed by atoms with Gasteiger partial charge in [0.05, 0.1) is 5.52 Å². The number of hydrogen-bond acceptors (Lipinski definition) is 4. The number of rotatable bonds is 2. The van der Waals surface area contributed by atoms with E-state index in [9.17, 15) is 13.2 Å². The molecule has 0 fully saturated rings. The van der Waals surface area contributed by atoms with Crippen LogP contribution in [0.3, 0.4) is 0 Å². The Morgan fingerprint density at radius 1 is 1.12 bits per heavy atom. The molecule has 1 aromatic heterocycles. The number of benzene rings is 1. The maximum Gasteiger partial charge on any atom is 0.451 e. The highest BCUT2D eigenvalue weighted by Gasteiger charge is 2.35. The fraction of sp³-hybridized carbons (Fsp3) is 0.200. The first-order chi connectivity index (χ1) is 8.02. The van der Waals surface area contributed by atoms with E-state index in [4.69, 9.17) is 0 Å². The molecule has 0 saturated carbocycles. The van der Waals surface area contributed by atoms with E-state index >= 15 is 0 Å². The molecule has 0 saturated heterocycles. The Morgan fingerprint density at radius 3 is 2.47 bits per heavy atom. The fourth-order valence-corrected chi connectivity index (χ4v) is 1.42. The van der Waals surface area contributed by atoms with Crippen molar-refractivity contribution in [1.29, 1.82) is 0 Å². The summed E-state index contributed by atoms with van der Waals surface area (Å²) in [5, 5.41) is 0.523. The number of anilines is 1. The van der Waals surface area contributed by atoms with Crippen LogP contribution in [0.25, 0.3) is 10.9 Å². The molecule has 0 unspecified atom stereocenters. The van der Waals surface area contributed by atoms with Crippen LogP contribution in [0.1, 0.15) is 5.82 Å². The smallest absolute Gasteiger partial charge is 0.305 e. The fourth-order valence-electron chi connectivity index (χ4n) is 1.42. The van der Waals surface area contributed by atoms with E-state index in [1.807, 2.05) is 0 Å². The highest BCUT2D eigenvalue weighted by Crippen LogP contribution is 2.29. The third kappa shape index (κ3) is 2.28. The van der Waals surface area contributed by atoms with Gasteiger partial charge in [-0.05, 0) is 12.1 Å². The standard InChI is InChI=1S/C10H9F3N4/c1-14-17-8-6-4-2-3-5-7(6)15-9(16-8)10(11,12)13/h2-5,14H,1H3,(H,15,16,17). The lowest BCUT2D eigenvalue weighted by molar-refractivity contribution is -0.144. The second-order valence-electron chi connectivity index (χ2n) is 3.29. The van der Waals surface area contributed by atoms with Crippen molar-refractivity contribution in [2.75, 3.05) is 12.5 Å². The van der Waals surface area contributed by atoms with Gasteiger partial charge in [-0.25, -0.2) is 15.4 Å². The molecular formula is C10H9F3N4. The molecular weight excluding hydrogens is 233 g/mol. The number of alkyl halides is 3. The van der Waals surface area contributed by atoms with Gasteiger partial charge in [-0.15, -0.1) is 0 Å². The van der Waals surface area contributed by atoms with E-state index in [0.717, 1.165) is 0 Å². The predicted octanol–water partition coefficient (Wildman–Crippen LogP) is 2.19. The lowest BCUT2D eigenvalue weighted by Gasteiger charge is -2.11. The van der Waals surface area contributed by atoms with Gasteiger partial charge in [-0.2, -0.15) is 13.2 Å². The normalized spacial score (nSPS) is 11.8. The van der Waals surface area contributed by atoms with Gasteiger partial charge in [-0.3, -0.25) is 0 Å². The molecule has 0 atom stereocenters. The van der Waals surface area contributed by atoms with E-state index in [2.05, 4.69) is 20.8 Å². The third-order valence-corrected chi connectivity index (χ3v) is 2.10. The first kappa shape index (κ1) is 11.6. The van der Waals surface area contributed by atoms with Gasteiger partial charge in [0.25, 0.3) is 0 Å². The maximum atomic E-state index is 12.6. The highest BCUT2D eigenvalue weighted by atomic mass is 19.4. The number of hydrogen-bond donors (Lipinski definition) is 2. The predicted molar refractivity (Wildman–Crippen MR) is 57.2 cm³/mol. The Balaban J connectivity index is 2.67. The van der Waals surface area contributed by atoms with Gasteiger partial charge in [-0.1, -0.05) is 12.1 Å². The zero-order valence-corrected chi connectivity index (χ0v) is 8.84. The van der Waals surface area contributed by atoms with E-state index in [0.29, 0.717) is 5.39 Å². The molecule has 2 aromatic rings. The van der Waals surface area contributed by atoms with Crippen LogP contribution in [0.5, 0.6) is 0 Å². The summed E-state index contributed by atoms with van der Waals surface area (Å²) in [5.74, 6) is -1.06. The van der Waals surface area contributed by atoms with Crippen molar-refractivity contribution >= 4 is 16.7 Å². The van der Waals surface area contributed by atoms with Crippen molar-refractivity contribution in [3.05, 3.63) is 30.1 Å². The number of aromatic nitrogens is 2. The Labute approximate surface area is 94.8 Å². The monoisotopic (exact) mass is 242 g/mol. The first-order valence-corrected chi connectivity index (χ1v) is 4.79. The zero-order valence-electron chi connectivity index (χ0n) is 8.84. The van der Waals surface area contributed by atoms with Gasteiger partial charge >= 0.3 is 6.18 Å². The van der Waals surface area contributed by atoms with Crippen LogP contribution in [-0.4, -0.2) is 17.0 Å². The second-order valence-corrected chi connectivity index (χ2v) is 3.29. The summed E-state index contributed by atoms with van der Waals surface area (Å²) >= 11 is 0. The molecule has 1 aromatic carbocycles. The molecule has 0 amide bonds. The molecule has 17 heavy (non-hydrogen) atoms. The minimum atomic E-state index is -4.56. The molecule has 90 valence electrons. The summed E-state index contributed by atoms with van der Waals surface area (Å²) in [6, 6.07) is 6.49. The van der Waals surface area contributed by atoms with Crippen LogP contribution in [0.4, 0.5) is 19.0 Å². The van der Waals surface area contributed by atoms with E-state index < -0.39 is 12.0 Å². The van der Waals surface area contributed by atoms with Crippen molar-refractivity contribution < 1.29 is 13.2 Å². The molecule has 0 aliphatic carbocycles. The van der Waals surface area contributed by atoms with Gasteiger partial charge in [0.15, 0.2) is 5.82 Å². The Bertz CT molecular complexity index is 539. The van der Waals surface area contributed by atoms with Crippen molar-refractivity contribution in [1.82, 2.24) is 15.4 Å². The van der Waals surface area contributed by atoms with E-state index in [-0.39, 0.29) is 11.3 Å². The molecule has 0 bridgehead atoms. The molecule has 0 radical (unpaired) electrons. The molecule has 4 nitrogen and oxygen atoms in total. The topological polar surface area (TPSA) is 49.8 Å². The Hall–Kier alpha value is -1.89. The number of nitrogens with one attached hydrogen (secondary N) is 2. The van der Waals surface area contributed by atoms with Crippen LogP contribution in [0.15, 0.2) is 24.3 Å². The number of halogens is 3. The minimum absolute atomic E-state index is 0.102. The molecule has 2 rings (SSSR count). The number of para-hydroxylation sites is 1. The van der Waals surface area contributed by atoms with Crippen LogP contribution < -0.4 is 10.9 Å². The SMILES string of the molecule is CNNc1nc(C(F)(F)F)nc2ccccc12. The average molecular weight is 242 g/mol. The summed E-state index contributed by atoms with van der Waals surface area (Å²) in [6.07, 6.45) is -4.56. The second kappa shape index (κ2) is 4.17. The lowest BCUT2D eigenvalue weighted by atomic mass is 10.2. The number of hydrazine groups is 1. The average Bonchev–Trinajstić information content (AvgIpc) is 2.28. The molecule has 7 heteroatoms. The Kier molecular flexibility index (Phi) is 2.84. The molecule has 0 aliphatic heterocycles. The van der Waals surface area contributed by atoms with Crippen LogP contribution in [0, 0.1) is 0 Å². The van der Waals surface area contributed by atoms with Gasteiger partial charge in [0.2, 0.25) is 5.82 Å². The third-order valence-electron chi connectivity index (χ3n) is 2.10. The van der Waals surface area contributed by atoms with E-state index in [1.54, 1.807) is 25.2 Å². The largest absolute Gasteiger partial charge is 0.451 e. The molecule has 0 aliphatic rings. The van der Waals surface area contributed by atoms with Crippen LogP contribution in [0.2, 0.25) is 0 Å². The molecule has 2 N–H and O–H groups in total. The van der Waals surface area contributed by atoms with Gasteiger partial charge < -0.3 is 5.43 Å². The zero-order chi connectivity index (χ0) is 12.5. The number of nitrogens with zero attached hydrogens (tertiary/aromatic N) is 2. The molecule has 0 spiro atoms. The van der Waals surface area contributed by atoms with Crippen molar-refractivity contribution in [2.45, 2.75) is 6.18 Å².